The molecule has 0 aliphatic carbocycles. The van der Waals surface area contributed by atoms with E-state index in [1.807, 2.05) is 11.7 Å². The van der Waals surface area contributed by atoms with E-state index < -0.39 is 0 Å². The normalized spacial score (nSPS) is 12.7. The van der Waals surface area contributed by atoms with Crippen molar-refractivity contribution in [1.29, 1.82) is 0 Å². The maximum Gasteiger partial charge on any atom is 0.124 e. The summed E-state index contributed by atoms with van der Waals surface area (Å²) in [7, 11) is 1.93. The van der Waals surface area contributed by atoms with E-state index in [2.05, 4.69) is 40.7 Å². The summed E-state index contributed by atoms with van der Waals surface area (Å²) in [6, 6.07) is 6.66. The second-order valence-electron chi connectivity index (χ2n) is 4.58. The molecule has 5 heteroatoms. The predicted octanol–water partition coefficient (Wildman–Crippen LogP) is 2.97. The fourth-order valence-electron chi connectivity index (χ4n) is 2.07. The van der Waals surface area contributed by atoms with Gasteiger partial charge in [0.1, 0.15) is 5.82 Å². The monoisotopic (exact) mass is 373 g/mol. The molecule has 0 bridgehead atoms. The number of aromatic nitrogens is 2. The molecule has 1 aromatic heterocycles. The maximum absolute atomic E-state index is 13.1. The third-order valence-electron chi connectivity index (χ3n) is 3.18. The van der Waals surface area contributed by atoms with Crippen LogP contribution in [0.2, 0.25) is 0 Å². The topological polar surface area (TPSA) is 43.8 Å². The van der Waals surface area contributed by atoms with Crippen LogP contribution >= 0.6 is 22.6 Å². The zero-order valence-electron chi connectivity index (χ0n) is 11.0. The predicted molar refractivity (Wildman–Crippen MR) is 82.3 cm³/mol. The fourth-order valence-corrected chi connectivity index (χ4v) is 2.95. The van der Waals surface area contributed by atoms with Gasteiger partial charge in [-0.25, -0.2) is 4.39 Å². The Morgan fingerprint density at radius 3 is 2.74 bits per heavy atom. The van der Waals surface area contributed by atoms with Gasteiger partial charge in [0.25, 0.3) is 0 Å². The Morgan fingerprint density at radius 1 is 1.42 bits per heavy atom. The van der Waals surface area contributed by atoms with Gasteiger partial charge in [0.15, 0.2) is 0 Å². The summed E-state index contributed by atoms with van der Waals surface area (Å²) in [4.78, 5) is 0. The molecule has 0 fully saturated rings. The highest BCUT2D eigenvalue weighted by Gasteiger charge is 2.14. The molecule has 2 aromatic rings. The number of nitrogens with zero attached hydrogens (tertiary/aromatic N) is 2. The first kappa shape index (κ1) is 14.5. The van der Waals surface area contributed by atoms with Gasteiger partial charge in [0.05, 0.1) is 5.69 Å². The third kappa shape index (κ3) is 3.33. The molecule has 3 nitrogen and oxygen atoms in total. The Morgan fingerprint density at radius 2 is 2.16 bits per heavy atom. The standard InChI is InChI=1S/C14H17FIN3/c1-3-10-7-11(19(2)18-10)8-14(17)12-5-4-9(15)6-13(12)16/h4-7,14H,3,8,17H2,1-2H3. The van der Waals surface area contributed by atoms with Gasteiger partial charge < -0.3 is 5.73 Å². The van der Waals surface area contributed by atoms with Crippen molar-refractivity contribution in [2.75, 3.05) is 0 Å². The van der Waals surface area contributed by atoms with Gasteiger partial charge in [-0.1, -0.05) is 13.0 Å². The third-order valence-corrected chi connectivity index (χ3v) is 4.11. The average Bonchev–Trinajstić information content (AvgIpc) is 2.70. The zero-order valence-corrected chi connectivity index (χ0v) is 13.2. The lowest BCUT2D eigenvalue weighted by atomic mass is 10.0. The van der Waals surface area contributed by atoms with E-state index in [0.717, 1.165) is 26.9 Å². The van der Waals surface area contributed by atoms with Crippen LogP contribution in [0.15, 0.2) is 24.3 Å². The van der Waals surface area contributed by atoms with E-state index in [1.165, 1.54) is 12.1 Å². The van der Waals surface area contributed by atoms with Crippen LogP contribution in [0, 0.1) is 9.39 Å². The first-order chi connectivity index (χ1) is 9.01. The molecule has 2 N–H and O–H groups in total. The summed E-state index contributed by atoms with van der Waals surface area (Å²) in [5.41, 5.74) is 9.37. The molecule has 1 aromatic carbocycles. The van der Waals surface area contributed by atoms with Crippen molar-refractivity contribution in [2.24, 2.45) is 12.8 Å². The number of hydrogen-bond acceptors (Lipinski definition) is 2. The Kier molecular flexibility index (Phi) is 4.57. The lowest BCUT2D eigenvalue weighted by Crippen LogP contribution is -2.16. The lowest BCUT2D eigenvalue weighted by Gasteiger charge is -2.14. The van der Waals surface area contributed by atoms with Crippen LogP contribution < -0.4 is 5.73 Å². The zero-order chi connectivity index (χ0) is 14.0. The number of halogens is 2. The average molecular weight is 373 g/mol. The van der Waals surface area contributed by atoms with Crippen LogP contribution in [-0.4, -0.2) is 9.78 Å². The molecule has 0 spiro atoms. The van der Waals surface area contributed by atoms with Gasteiger partial charge in [0, 0.05) is 28.8 Å². The first-order valence-corrected chi connectivity index (χ1v) is 7.31. The highest BCUT2D eigenvalue weighted by molar-refractivity contribution is 14.1. The molecule has 19 heavy (non-hydrogen) atoms. The fraction of sp³-hybridized carbons (Fsp3) is 0.357. The molecular formula is C14H17FIN3. The molecule has 1 atom stereocenters. The van der Waals surface area contributed by atoms with Crippen molar-refractivity contribution in [1.82, 2.24) is 9.78 Å². The quantitative estimate of drug-likeness (QED) is 0.838. The Labute approximate surface area is 126 Å². The van der Waals surface area contributed by atoms with Gasteiger partial charge in [-0.3, -0.25) is 4.68 Å². The van der Waals surface area contributed by atoms with Crippen LogP contribution in [0.3, 0.4) is 0 Å². The van der Waals surface area contributed by atoms with Crippen LogP contribution in [0.25, 0.3) is 0 Å². The number of nitrogens with two attached hydrogens (primary N) is 1. The molecule has 1 unspecified atom stereocenters. The molecule has 0 aliphatic heterocycles. The largest absolute Gasteiger partial charge is 0.324 e. The van der Waals surface area contributed by atoms with Gasteiger partial charge in [0.2, 0.25) is 0 Å². The SMILES string of the molecule is CCc1cc(CC(N)c2ccc(F)cc2I)n(C)n1. The lowest BCUT2D eigenvalue weighted by molar-refractivity contribution is 0.616. The second kappa shape index (κ2) is 6.00. The van der Waals surface area contributed by atoms with E-state index in [-0.39, 0.29) is 11.9 Å². The molecule has 0 aliphatic rings. The van der Waals surface area contributed by atoms with E-state index >= 15 is 0 Å². The molecule has 0 saturated heterocycles. The number of aryl methyl sites for hydroxylation is 2. The van der Waals surface area contributed by atoms with Crippen molar-refractivity contribution in [3.05, 3.63) is 50.6 Å². The van der Waals surface area contributed by atoms with Crippen molar-refractivity contribution in [3.63, 3.8) is 0 Å². The molecular weight excluding hydrogens is 356 g/mol. The van der Waals surface area contributed by atoms with Crippen LogP contribution in [0.5, 0.6) is 0 Å². The van der Waals surface area contributed by atoms with Crippen LogP contribution in [0.4, 0.5) is 4.39 Å². The van der Waals surface area contributed by atoms with Crippen LogP contribution in [0.1, 0.15) is 29.9 Å². The van der Waals surface area contributed by atoms with Crippen molar-refractivity contribution in [2.45, 2.75) is 25.8 Å². The molecule has 1 heterocycles. The smallest absolute Gasteiger partial charge is 0.124 e. The summed E-state index contributed by atoms with van der Waals surface area (Å²) in [5, 5.41) is 4.41. The summed E-state index contributed by atoms with van der Waals surface area (Å²) in [5.74, 6) is -0.228. The van der Waals surface area contributed by atoms with Crippen molar-refractivity contribution >= 4 is 22.6 Å². The highest BCUT2D eigenvalue weighted by Crippen LogP contribution is 2.22. The van der Waals surface area contributed by atoms with Crippen molar-refractivity contribution in [3.8, 4) is 0 Å². The van der Waals surface area contributed by atoms with E-state index in [4.69, 9.17) is 5.73 Å². The summed E-state index contributed by atoms with van der Waals surface area (Å²) < 4.78 is 15.8. The molecule has 102 valence electrons. The van der Waals surface area contributed by atoms with E-state index in [9.17, 15) is 4.39 Å². The van der Waals surface area contributed by atoms with E-state index in [0.29, 0.717) is 6.42 Å². The molecule has 0 amide bonds. The summed E-state index contributed by atoms with van der Waals surface area (Å²) in [6.07, 6.45) is 1.61. The Hall–Kier alpha value is -0.950. The Balaban J connectivity index is 2.20. The first-order valence-electron chi connectivity index (χ1n) is 6.23. The molecule has 2 rings (SSSR count). The maximum atomic E-state index is 13.1. The van der Waals surface area contributed by atoms with Gasteiger partial charge in [-0.2, -0.15) is 5.10 Å². The minimum Gasteiger partial charge on any atom is -0.324 e. The second-order valence-corrected chi connectivity index (χ2v) is 5.74. The molecule has 0 saturated carbocycles. The van der Waals surface area contributed by atoms with Crippen molar-refractivity contribution < 1.29 is 4.39 Å². The highest BCUT2D eigenvalue weighted by atomic mass is 127. The minimum atomic E-state index is -0.228. The Bertz CT molecular complexity index is 580. The number of hydrogen-bond donors (Lipinski definition) is 1. The summed E-state index contributed by atoms with van der Waals surface area (Å²) in [6.45, 7) is 2.08. The molecule has 0 radical (unpaired) electrons. The summed E-state index contributed by atoms with van der Waals surface area (Å²) >= 11 is 2.12. The van der Waals surface area contributed by atoms with Gasteiger partial charge >= 0.3 is 0 Å². The van der Waals surface area contributed by atoms with Gasteiger partial charge in [-0.05, 0) is 52.8 Å². The van der Waals surface area contributed by atoms with Crippen LogP contribution in [-0.2, 0) is 19.9 Å². The number of benzene rings is 1. The number of rotatable bonds is 4. The van der Waals surface area contributed by atoms with Gasteiger partial charge in [-0.15, -0.1) is 0 Å². The minimum absolute atomic E-state index is 0.146. The van der Waals surface area contributed by atoms with E-state index in [1.54, 1.807) is 6.07 Å².